The van der Waals surface area contributed by atoms with E-state index in [0.717, 1.165) is 50.9 Å². The standard InChI is InChI=1S/C65H81N10O17P/c1-5-17-48(61(81)88-37-40-18-7-6-8-19-40)72-59(80)47(27-16-34-68-62(67)74-92-93(84,85)89-38-51-56(77)57(78)60(90-51)75-35-32-52(66)73-63(75)82)71-58(79)46(26-13-14-33-69-64(83)91-65(2,3)4)70-53(76)39-87-50-31-29-43-23-10-12-25-45(43)55(50)54-44-24-11-9-22-42(44)28-30-49(54)86-36-41-20-15-21-41/h5-12,18-19,22-25,28-32,35,41,46-48,51,56-57,60,77-78H,1,13-17,20-21,26-27,33-34,36-39H2,2-4H3,(H,69,83)(H,70,76)(H,71,79)(H,72,80)(H,84,85)(H2,66,73,82)(H3,67,68,74)/t46?,47?,48?,51-,56-,57-,60-/m1/s1. The molecule has 28 heteroatoms. The average Bonchev–Trinajstić information content (AvgIpc) is 1.81. The van der Waals surface area contributed by atoms with E-state index in [0.29, 0.717) is 41.6 Å². The summed E-state index contributed by atoms with van der Waals surface area (Å²) in [5.41, 5.74) is 14.1. The van der Waals surface area contributed by atoms with Crippen LogP contribution in [0.3, 0.4) is 0 Å². The Morgan fingerprint density at radius 2 is 1.43 bits per heavy atom. The number of hydrogen-bond acceptors (Lipinski definition) is 19. The molecular formula is C65H81N10O17P. The first kappa shape index (κ1) is 69.9. The Morgan fingerprint density at radius 3 is 2.06 bits per heavy atom. The number of phosphoric acid groups is 1. The SMILES string of the molecule is C=CCC(NC(=O)C(CCCN=C(N)NOP(=O)(O)OC[C@H]1O[C@@H](n2ccc(N)nc2=O)[C@H](O)[C@@H]1O)NC(=O)C(CCCCNC(=O)OC(C)(C)C)NC(=O)COc1ccc2ccccc2c1-c1c(OCC2CCC2)ccc2ccccc12)C(=O)OCc1ccccc1. The zero-order valence-electron chi connectivity index (χ0n) is 52.0. The summed E-state index contributed by atoms with van der Waals surface area (Å²) in [6, 6.07) is 29.6. The van der Waals surface area contributed by atoms with Gasteiger partial charge < -0.3 is 71.5 Å². The number of carbonyl (C=O) groups is 5. The molecular weight excluding hydrogens is 1220 g/mol. The van der Waals surface area contributed by atoms with E-state index in [1.54, 1.807) is 57.2 Å². The van der Waals surface area contributed by atoms with E-state index in [1.165, 1.54) is 18.3 Å². The highest BCUT2D eigenvalue weighted by molar-refractivity contribution is 7.47. The highest BCUT2D eigenvalue weighted by Crippen LogP contribution is 2.46. The quantitative estimate of drug-likeness (QED) is 0.00448. The molecule has 2 heterocycles. The van der Waals surface area contributed by atoms with Crippen molar-refractivity contribution < 1.29 is 76.5 Å². The third-order valence-electron chi connectivity index (χ3n) is 15.3. The number of hydrogen-bond donors (Lipinski definition) is 10. The molecule has 0 bridgehead atoms. The maximum atomic E-state index is 14.7. The lowest BCUT2D eigenvalue weighted by molar-refractivity contribution is -0.149. The molecule has 0 radical (unpaired) electrons. The van der Waals surface area contributed by atoms with Gasteiger partial charge in [-0.1, -0.05) is 103 Å². The number of ether oxygens (including phenoxy) is 5. The number of aliphatic hydroxyl groups excluding tert-OH is 2. The number of amides is 4. The van der Waals surface area contributed by atoms with E-state index in [-0.39, 0.29) is 57.6 Å². The number of fused-ring (bicyclic) bond motifs is 2. The highest BCUT2D eigenvalue weighted by atomic mass is 31.2. The van der Waals surface area contributed by atoms with Crippen LogP contribution in [-0.4, -0.2) is 135 Å². The average molecular weight is 1310 g/mol. The van der Waals surface area contributed by atoms with Gasteiger partial charge in [-0.3, -0.25) is 28.5 Å². The summed E-state index contributed by atoms with van der Waals surface area (Å²) in [6.07, 6.45) is -0.568. The summed E-state index contributed by atoms with van der Waals surface area (Å²) in [7, 11) is -5.05. The van der Waals surface area contributed by atoms with Gasteiger partial charge in [-0.15, -0.1) is 6.58 Å². The fraction of sp³-hybridized carbons (Fsp3) is 0.415. The van der Waals surface area contributed by atoms with Crippen LogP contribution >= 0.6 is 7.82 Å². The smallest absolute Gasteiger partial charge is 0.493 e. The second-order valence-corrected chi connectivity index (χ2v) is 24.8. The first-order chi connectivity index (χ1) is 44.6. The summed E-state index contributed by atoms with van der Waals surface area (Å²) in [6.45, 7) is 7.96. The maximum absolute atomic E-state index is 14.7. The fourth-order valence-electron chi connectivity index (χ4n) is 10.3. The summed E-state index contributed by atoms with van der Waals surface area (Å²) in [5.74, 6) is -2.25. The highest BCUT2D eigenvalue weighted by Gasteiger charge is 2.45. The molecule has 8 atom stereocenters. The lowest BCUT2D eigenvalue weighted by Gasteiger charge is -2.26. The van der Waals surface area contributed by atoms with Gasteiger partial charge in [0.2, 0.25) is 17.8 Å². The number of benzene rings is 5. The summed E-state index contributed by atoms with van der Waals surface area (Å²) in [4.78, 5) is 100. The van der Waals surface area contributed by atoms with Gasteiger partial charge >= 0.3 is 25.6 Å². The molecule has 5 aromatic carbocycles. The van der Waals surface area contributed by atoms with Crippen LogP contribution in [0.1, 0.15) is 90.3 Å². The van der Waals surface area contributed by atoms with E-state index in [2.05, 4.69) is 37.8 Å². The first-order valence-electron chi connectivity index (χ1n) is 30.6. The molecule has 2 fully saturated rings. The van der Waals surface area contributed by atoms with Crippen molar-refractivity contribution in [3.8, 4) is 22.6 Å². The second-order valence-electron chi connectivity index (χ2n) is 23.5. The molecule has 27 nitrogen and oxygen atoms in total. The van der Waals surface area contributed by atoms with Crippen molar-refractivity contribution in [3.05, 3.63) is 144 Å². The van der Waals surface area contributed by atoms with Crippen LogP contribution < -0.4 is 53.4 Å². The van der Waals surface area contributed by atoms with Gasteiger partial charge in [-0.2, -0.15) is 9.61 Å². The van der Waals surface area contributed by atoms with Crippen molar-refractivity contribution in [1.82, 2.24) is 36.3 Å². The molecule has 1 aliphatic heterocycles. The number of guanidine groups is 1. The third kappa shape index (κ3) is 20.3. The molecule has 1 saturated heterocycles. The normalized spacial score (nSPS) is 18.2. The number of aliphatic hydroxyl groups is 2. The molecule has 2 aliphatic rings. The number of nitrogens with two attached hydrogens (primary N) is 2. The Bertz CT molecular complexity index is 3720. The predicted octanol–water partition coefficient (Wildman–Crippen LogP) is 5.88. The van der Waals surface area contributed by atoms with Crippen LogP contribution in [0.15, 0.2) is 138 Å². The molecule has 498 valence electrons. The minimum absolute atomic E-state index is 0.00898. The summed E-state index contributed by atoms with van der Waals surface area (Å²) in [5, 5.41) is 35.7. The Balaban J connectivity index is 0.975. The largest absolute Gasteiger partial charge is 0.493 e. The zero-order valence-corrected chi connectivity index (χ0v) is 52.9. The number of anilines is 1. The molecule has 8 rings (SSSR count). The minimum atomic E-state index is -5.05. The van der Waals surface area contributed by atoms with Gasteiger partial charge in [-0.05, 0) is 123 Å². The number of nitrogen functional groups attached to an aromatic ring is 1. The van der Waals surface area contributed by atoms with Crippen molar-refractivity contribution in [3.63, 3.8) is 0 Å². The van der Waals surface area contributed by atoms with E-state index in [1.807, 2.05) is 72.2 Å². The lowest BCUT2D eigenvalue weighted by Crippen LogP contribution is -2.56. The Hall–Kier alpha value is -8.95. The third-order valence-corrected chi connectivity index (χ3v) is 16.1. The van der Waals surface area contributed by atoms with Crippen molar-refractivity contribution in [2.45, 2.75) is 133 Å². The number of phosphoric ester groups is 1. The molecule has 4 unspecified atom stereocenters. The number of esters is 1. The van der Waals surface area contributed by atoms with Crippen LogP contribution in [0.4, 0.5) is 10.6 Å². The number of carbonyl (C=O) groups excluding carboxylic acids is 5. The van der Waals surface area contributed by atoms with Gasteiger partial charge in [0.05, 0.1) is 13.2 Å². The number of hydroxylamine groups is 1. The first-order valence-corrected chi connectivity index (χ1v) is 32.1. The molecule has 1 aromatic heterocycles. The van der Waals surface area contributed by atoms with Crippen LogP contribution in [0.5, 0.6) is 11.5 Å². The van der Waals surface area contributed by atoms with Crippen molar-refractivity contribution >= 4 is 70.9 Å². The van der Waals surface area contributed by atoms with Crippen molar-refractivity contribution in [2.75, 3.05) is 38.6 Å². The number of alkyl carbamates (subject to hydrolysis) is 1. The van der Waals surface area contributed by atoms with E-state index < -0.39 is 111 Å². The molecule has 6 aromatic rings. The summed E-state index contributed by atoms with van der Waals surface area (Å²) < 4.78 is 53.0. The van der Waals surface area contributed by atoms with Crippen molar-refractivity contribution in [2.24, 2.45) is 16.6 Å². The van der Waals surface area contributed by atoms with E-state index in [4.69, 9.17) is 44.3 Å². The van der Waals surface area contributed by atoms with Gasteiger partial charge in [-0.25, -0.2) is 24.4 Å². The predicted molar refractivity (Wildman–Crippen MR) is 345 cm³/mol. The van der Waals surface area contributed by atoms with Gasteiger partial charge in [0.25, 0.3) is 5.91 Å². The maximum Gasteiger partial charge on any atom is 0.493 e. The molecule has 12 N–H and O–H groups in total. The minimum Gasteiger partial charge on any atom is -0.493 e. The van der Waals surface area contributed by atoms with Crippen LogP contribution in [0, 0.1) is 5.92 Å². The Morgan fingerprint density at radius 1 is 0.806 bits per heavy atom. The van der Waals surface area contributed by atoms with Crippen molar-refractivity contribution in [1.29, 1.82) is 0 Å². The number of nitrogens with one attached hydrogen (secondary N) is 5. The molecule has 0 spiro atoms. The van der Waals surface area contributed by atoms with Crippen LogP contribution in [0.25, 0.3) is 32.7 Å². The van der Waals surface area contributed by atoms with E-state index in [9.17, 15) is 48.4 Å². The number of nitrogens with zero attached hydrogens (tertiary/aromatic N) is 3. The monoisotopic (exact) mass is 1300 g/mol. The lowest BCUT2D eigenvalue weighted by atomic mass is 9.86. The second kappa shape index (κ2) is 33.1. The van der Waals surface area contributed by atoms with Crippen LogP contribution in [0.2, 0.25) is 0 Å². The van der Waals surface area contributed by atoms with Gasteiger partial charge in [0.15, 0.2) is 12.8 Å². The van der Waals surface area contributed by atoms with E-state index >= 15 is 0 Å². The molecule has 4 amide bonds. The number of aliphatic imine (C=N–C) groups is 1. The molecule has 1 aliphatic carbocycles. The van der Waals surface area contributed by atoms with Gasteiger partial charge in [0.1, 0.15) is 66.0 Å². The number of unbranched alkanes of at least 4 members (excludes halogenated alkanes) is 1. The molecule has 93 heavy (non-hydrogen) atoms. The molecule has 1 saturated carbocycles. The number of rotatable bonds is 32. The number of aromatic nitrogens is 2. The fourth-order valence-corrected chi connectivity index (χ4v) is 10.9. The Kier molecular flexibility index (Phi) is 24.9. The zero-order chi connectivity index (χ0) is 66.7. The summed E-state index contributed by atoms with van der Waals surface area (Å²) >= 11 is 0. The van der Waals surface area contributed by atoms with Gasteiger partial charge in [0, 0.05) is 30.4 Å². The Labute approximate surface area is 537 Å². The van der Waals surface area contributed by atoms with Crippen LogP contribution in [-0.2, 0) is 53.7 Å². The topological polar surface area (TPSA) is 387 Å².